The van der Waals surface area contributed by atoms with E-state index in [-0.39, 0.29) is 36.2 Å². The van der Waals surface area contributed by atoms with Crippen LogP contribution >= 0.6 is 0 Å². The maximum atomic E-state index is 11.8. The molecular weight excluding hydrogens is 316 g/mol. The predicted octanol–water partition coefficient (Wildman–Crippen LogP) is -0.609. The minimum absolute atomic E-state index is 0.0378. The van der Waals surface area contributed by atoms with Crippen LogP contribution in [0, 0.1) is 0 Å². The number of rotatable bonds is 8. The van der Waals surface area contributed by atoms with Gasteiger partial charge in [-0.1, -0.05) is 0 Å². The maximum absolute atomic E-state index is 11.8. The fourth-order valence-corrected chi connectivity index (χ4v) is 2.32. The van der Waals surface area contributed by atoms with E-state index in [4.69, 9.17) is 10.5 Å². The molecule has 0 fully saturated rings. The lowest BCUT2D eigenvalue weighted by Gasteiger charge is -2.16. The van der Waals surface area contributed by atoms with Crippen LogP contribution in [-0.4, -0.2) is 48.2 Å². The normalized spacial score (nSPS) is 12.5. The van der Waals surface area contributed by atoms with Gasteiger partial charge in [-0.3, -0.25) is 19.4 Å². The van der Waals surface area contributed by atoms with Gasteiger partial charge in [-0.15, -0.1) is 0 Å². The zero-order valence-electron chi connectivity index (χ0n) is 13.6. The molecule has 10 heteroatoms. The molecule has 2 heterocycles. The van der Waals surface area contributed by atoms with Crippen LogP contribution in [0.1, 0.15) is 26.2 Å². The van der Waals surface area contributed by atoms with Gasteiger partial charge in [0, 0.05) is 25.9 Å². The Bertz CT molecular complexity index is 659. The number of aromatic amines is 1. The largest absolute Gasteiger partial charge is 0.466 e. The molecule has 0 saturated heterocycles. The average Bonchev–Trinajstić information content (AvgIpc) is 2.93. The minimum atomic E-state index is -0.330. The summed E-state index contributed by atoms with van der Waals surface area (Å²) >= 11 is 0. The monoisotopic (exact) mass is 338 g/mol. The number of ether oxygens (including phenoxy) is 1. The van der Waals surface area contributed by atoms with Crippen LogP contribution in [0.5, 0.6) is 0 Å². The molecule has 5 N–H and O–H groups in total. The second-order valence-corrected chi connectivity index (χ2v) is 5.26. The summed E-state index contributed by atoms with van der Waals surface area (Å²) in [5.74, 6) is 0.0905. The van der Waals surface area contributed by atoms with Gasteiger partial charge in [-0.2, -0.15) is 4.98 Å². The molecule has 1 aliphatic rings. The zero-order valence-corrected chi connectivity index (χ0v) is 13.6. The number of carbonyl (C=O) groups is 2. The van der Waals surface area contributed by atoms with Gasteiger partial charge in [-0.25, -0.2) is 0 Å². The first-order chi connectivity index (χ1) is 11.5. The highest BCUT2D eigenvalue weighted by Crippen LogP contribution is 2.25. The highest BCUT2D eigenvalue weighted by Gasteiger charge is 2.23. The van der Waals surface area contributed by atoms with Crippen molar-refractivity contribution in [3.63, 3.8) is 0 Å². The van der Waals surface area contributed by atoms with Crippen molar-refractivity contribution in [1.29, 1.82) is 0 Å². The third-order valence-electron chi connectivity index (χ3n) is 3.46. The number of H-pyrrole nitrogens is 1. The minimum Gasteiger partial charge on any atom is -0.466 e. The topological polar surface area (TPSA) is 142 Å². The van der Waals surface area contributed by atoms with E-state index in [2.05, 4.69) is 20.6 Å². The number of esters is 1. The maximum Gasteiger partial charge on any atom is 0.305 e. The third kappa shape index (κ3) is 4.61. The van der Waals surface area contributed by atoms with E-state index in [9.17, 15) is 14.4 Å². The van der Waals surface area contributed by atoms with Crippen molar-refractivity contribution in [3.8, 4) is 0 Å². The Morgan fingerprint density at radius 2 is 2.21 bits per heavy atom. The highest BCUT2D eigenvalue weighted by atomic mass is 16.5. The molecule has 1 aromatic heterocycles. The second-order valence-electron chi connectivity index (χ2n) is 5.26. The lowest BCUT2D eigenvalue weighted by Crippen LogP contribution is -2.31. The Labute approximate surface area is 138 Å². The molecule has 0 atom stereocenters. The standard InChI is InChI=1S/C14H22N6O4/c1-2-24-10(22)4-3-6-16-9(21)5-7-20-8-17-11-12(20)18-14(15)19-13(11)23/h17H,2-8H2,1H3,(H,16,21)(H3,15,18,19,23). The molecule has 0 radical (unpaired) electrons. The number of nitrogen functional groups attached to an aromatic ring is 1. The van der Waals surface area contributed by atoms with Gasteiger partial charge < -0.3 is 26.0 Å². The Balaban J connectivity index is 1.72. The van der Waals surface area contributed by atoms with Crippen LogP contribution in [0.3, 0.4) is 0 Å². The number of hydrogen-bond donors (Lipinski definition) is 4. The van der Waals surface area contributed by atoms with Crippen molar-refractivity contribution in [2.24, 2.45) is 0 Å². The van der Waals surface area contributed by atoms with Crippen molar-refractivity contribution in [2.45, 2.75) is 26.2 Å². The molecule has 1 amide bonds. The Kier molecular flexibility index (Phi) is 5.99. The predicted molar refractivity (Wildman–Crippen MR) is 88.6 cm³/mol. The van der Waals surface area contributed by atoms with E-state index < -0.39 is 0 Å². The number of hydrogen-bond acceptors (Lipinski definition) is 8. The van der Waals surface area contributed by atoms with Crippen molar-refractivity contribution < 1.29 is 14.3 Å². The Morgan fingerprint density at radius 3 is 2.96 bits per heavy atom. The summed E-state index contributed by atoms with van der Waals surface area (Å²) in [5, 5.41) is 5.67. The number of anilines is 3. The number of nitrogens with one attached hydrogen (secondary N) is 3. The summed E-state index contributed by atoms with van der Waals surface area (Å²) in [4.78, 5) is 43.0. The van der Waals surface area contributed by atoms with E-state index in [1.165, 1.54) is 0 Å². The molecule has 24 heavy (non-hydrogen) atoms. The van der Waals surface area contributed by atoms with Gasteiger partial charge in [0.15, 0.2) is 5.82 Å². The summed E-state index contributed by atoms with van der Waals surface area (Å²) in [6.45, 7) is 3.32. The number of nitrogens with zero attached hydrogens (tertiary/aromatic N) is 2. The van der Waals surface area contributed by atoms with Crippen LogP contribution in [0.25, 0.3) is 0 Å². The van der Waals surface area contributed by atoms with Gasteiger partial charge in [0.05, 0.1) is 13.3 Å². The smallest absolute Gasteiger partial charge is 0.305 e. The summed E-state index contributed by atoms with van der Waals surface area (Å²) < 4.78 is 4.81. The summed E-state index contributed by atoms with van der Waals surface area (Å²) in [6.07, 6.45) is 1.06. The Hall–Kier alpha value is -2.78. The molecule has 132 valence electrons. The molecule has 0 aliphatic carbocycles. The van der Waals surface area contributed by atoms with Crippen LogP contribution < -0.4 is 26.8 Å². The SMILES string of the molecule is CCOC(=O)CCCNC(=O)CCN1CNc2c1nc(N)[nH]c2=O. The van der Waals surface area contributed by atoms with Gasteiger partial charge in [0.2, 0.25) is 11.9 Å². The molecule has 10 nitrogen and oxygen atoms in total. The first kappa shape index (κ1) is 17.6. The molecule has 0 unspecified atom stereocenters. The van der Waals surface area contributed by atoms with E-state index in [1.807, 2.05) is 0 Å². The molecule has 0 bridgehead atoms. The average molecular weight is 338 g/mol. The van der Waals surface area contributed by atoms with Gasteiger partial charge in [0.1, 0.15) is 5.69 Å². The lowest BCUT2D eigenvalue weighted by atomic mass is 10.3. The number of nitrogens with two attached hydrogens (primary N) is 1. The third-order valence-corrected chi connectivity index (χ3v) is 3.46. The summed E-state index contributed by atoms with van der Waals surface area (Å²) in [6, 6.07) is 0. The zero-order chi connectivity index (χ0) is 17.5. The molecule has 2 rings (SSSR count). The highest BCUT2D eigenvalue weighted by molar-refractivity contribution is 5.77. The first-order valence-electron chi connectivity index (χ1n) is 7.82. The molecule has 0 spiro atoms. The number of amides is 1. The van der Waals surface area contributed by atoms with Crippen LogP contribution in [-0.2, 0) is 14.3 Å². The van der Waals surface area contributed by atoms with Crippen LogP contribution in [0.15, 0.2) is 4.79 Å². The second kappa shape index (κ2) is 8.18. The molecule has 1 aliphatic heterocycles. The molecular formula is C14H22N6O4. The fourth-order valence-electron chi connectivity index (χ4n) is 2.32. The van der Waals surface area contributed by atoms with E-state index >= 15 is 0 Å². The number of carbonyl (C=O) groups excluding carboxylic acids is 2. The Morgan fingerprint density at radius 1 is 1.42 bits per heavy atom. The summed E-state index contributed by atoms with van der Waals surface area (Å²) in [7, 11) is 0. The lowest BCUT2D eigenvalue weighted by molar-refractivity contribution is -0.143. The van der Waals surface area contributed by atoms with Gasteiger partial charge in [-0.05, 0) is 13.3 Å². The van der Waals surface area contributed by atoms with E-state index in [0.717, 1.165) is 0 Å². The van der Waals surface area contributed by atoms with Crippen LogP contribution in [0.2, 0.25) is 0 Å². The number of aromatic nitrogens is 2. The van der Waals surface area contributed by atoms with Crippen LogP contribution in [0.4, 0.5) is 17.5 Å². The van der Waals surface area contributed by atoms with Gasteiger partial charge in [0.25, 0.3) is 5.56 Å². The quantitative estimate of drug-likeness (QED) is 0.363. The van der Waals surface area contributed by atoms with Gasteiger partial charge >= 0.3 is 5.97 Å². The summed E-state index contributed by atoms with van der Waals surface area (Å²) in [5.41, 5.74) is 5.57. The first-order valence-corrected chi connectivity index (χ1v) is 7.82. The molecule has 0 aromatic carbocycles. The van der Waals surface area contributed by atoms with Crippen molar-refractivity contribution in [3.05, 3.63) is 10.4 Å². The van der Waals surface area contributed by atoms with Crippen molar-refractivity contribution in [1.82, 2.24) is 15.3 Å². The van der Waals surface area contributed by atoms with E-state index in [1.54, 1.807) is 11.8 Å². The molecule has 0 saturated carbocycles. The van der Waals surface area contributed by atoms with E-state index in [0.29, 0.717) is 44.3 Å². The molecule has 1 aromatic rings. The van der Waals surface area contributed by atoms with Crippen molar-refractivity contribution in [2.75, 3.05) is 42.3 Å². The number of fused-ring (bicyclic) bond motifs is 1. The fraction of sp³-hybridized carbons (Fsp3) is 0.571. The van der Waals surface area contributed by atoms with Crippen molar-refractivity contribution >= 4 is 29.3 Å².